The van der Waals surface area contributed by atoms with Gasteiger partial charge in [0.15, 0.2) is 0 Å². The van der Waals surface area contributed by atoms with E-state index in [0.29, 0.717) is 12.1 Å². The van der Waals surface area contributed by atoms with Crippen molar-refractivity contribution in [3.05, 3.63) is 29.8 Å². The van der Waals surface area contributed by atoms with E-state index in [2.05, 4.69) is 10.3 Å². The van der Waals surface area contributed by atoms with Crippen LogP contribution in [0.1, 0.15) is 37.6 Å². The van der Waals surface area contributed by atoms with Crippen LogP contribution in [-0.2, 0) is 4.74 Å². The van der Waals surface area contributed by atoms with Crippen LogP contribution in [0.15, 0.2) is 18.3 Å². The number of carbonyl (C=O) groups excluding carboxylic acids is 2. The number of aromatic nitrogens is 1. The summed E-state index contributed by atoms with van der Waals surface area (Å²) in [5.41, 5.74) is -0.232. The number of fused-ring (bicyclic) bond motifs is 1. The predicted molar refractivity (Wildman–Crippen MR) is 80.3 cm³/mol. The van der Waals surface area contributed by atoms with Gasteiger partial charge in [-0.15, -0.1) is 0 Å². The molecule has 3 heterocycles. The van der Waals surface area contributed by atoms with E-state index in [-0.39, 0.29) is 30.0 Å². The maximum atomic E-state index is 12.8. The number of ether oxygens (including phenoxy) is 1. The zero-order chi connectivity index (χ0) is 16.8. The van der Waals surface area contributed by atoms with Gasteiger partial charge in [0.1, 0.15) is 5.60 Å². The second-order valence-corrected chi connectivity index (χ2v) is 7.06. The Balaban J connectivity index is 1.60. The van der Waals surface area contributed by atoms with Crippen molar-refractivity contribution in [2.75, 3.05) is 6.54 Å². The lowest BCUT2D eigenvalue weighted by Gasteiger charge is -2.37. The topological polar surface area (TPSA) is 71.5 Å². The Bertz CT molecular complexity index is 626. The Kier molecular flexibility index (Phi) is 3.74. The van der Waals surface area contributed by atoms with Crippen molar-refractivity contribution >= 4 is 12.0 Å². The highest BCUT2D eigenvalue weighted by Crippen LogP contribution is 2.41. The molecule has 7 heteroatoms. The standard InChI is InChI=1S/C16H20FN3O3/c1-16(2,3)23-15(22)20-8-10-6-11(20)13(10)19-14(21)9-4-5-12(17)18-7-9/h4-5,7,10-11,13H,6,8H2,1-3H3,(H,19,21)/t10-,11+,13-/m1/s1. The average Bonchev–Trinajstić information content (AvgIpc) is 3.02. The van der Waals surface area contributed by atoms with E-state index >= 15 is 0 Å². The molecule has 0 radical (unpaired) electrons. The zero-order valence-electron chi connectivity index (χ0n) is 13.4. The summed E-state index contributed by atoms with van der Waals surface area (Å²) >= 11 is 0. The van der Waals surface area contributed by atoms with E-state index in [0.717, 1.165) is 12.5 Å². The van der Waals surface area contributed by atoms with Crippen LogP contribution < -0.4 is 5.32 Å². The van der Waals surface area contributed by atoms with Crippen molar-refractivity contribution in [1.29, 1.82) is 0 Å². The maximum Gasteiger partial charge on any atom is 0.410 e. The van der Waals surface area contributed by atoms with Gasteiger partial charge in [-0.05, 0) is 39.3 Å². The molecule has 0 unspecified atom stereocenters. The second-order valence-electron chi connectivity index (χ2n) is 7.06. The molecule has 2 bridgehead atoms. The molecular formula is C16H20FN3O3. The number of nitrogens with one attached hydrogen (secondary N) is 1. The lowest BCUT2D eigenvalue weighted by molar-refractivity contribution is 0.0221. The van der Waals surface area contributed by atoms with Gasteiger partial charge in [-0.3, -0.25) is 4.79 Å². The van der Waals surface area contributed by atoms with Crippen LogP contribution in [0.3, 0.4) is 0 Å². The Morgan fingerprint density at radius 1 is 1.39 bits per heavy atom. The first-order chi connectivity index (χ1) is 10.7. The molecule has 4 rings (SSSR count). The van der Waals surface area contributed by atoms with Gasteiger partial charge in [-0.25, -0.2) is 9.78 Å². The van der Waals surface area contributed by atoms with Gasteiger partial charge in [-0.1, -0.05) is 0 Å². The fraction of sp³-hybridized carbons (Fsp3) is 0.562. The molecule has 3 atom stereocenters. The first kappa shape index (κ1) is 15.7. The maximum absolute atomic E-state index is 12.8. The summed E-state index contributed by atoms with van der Waals surface area (Å²) in [6.07, 6.45) is 1.73. The smallest absolute Gasteiger partial charge is 0.410 e. The molecule has 1 N–H and O–H groups in total. The van der Waals surface area contributed by atoms with Crippen LogP contribution in [0.2, 0.25) is 0 Å². The molecule has 1 saturated carbocycles. The largest absolute Gasteiger partial charge is 0.444 e. The number of pyridine rings is 1. The Morgan fingerprint density at radius 3 is 2.74 bits per heavy atom. The van der Waals surface area contributed by atoms with Crippen LogP contribution in [0.25, 0.3) is 0 Å². The first-order valence-electron chi connectivity index (χ1n) is 7.66. The van der Waals surface area contributed by atoms with Crippen LogP contribution >= 0.6 is 0 Å². The van der Waals surface area contributed by atoms with E-state index in [1.807, 2.05) is 20.8 Å². The number of halogens is 1. The minimum atomic E-state index is -0.624. The molecular weight excluding hydrogens is 301 g/mol. The third-order valence-electron chi connectivity index (χ3n) is 4.21. The minimum Gasteiger partial charge on any atom is -0.444 e. The second kappa shape index (κ2) is 5.47. The number of carbonyl (C=O) groups is 2. The average molecular weight is 321 g/mol. The lowest BCUT2D eigenvalue weighted by atomic mass is 9.80. The molecule has 2 saturated heterocycles. The van der Waals surface area contributed by atoms with Crippen LogP contribution in [0.4, 0.5) is 9.18 Å². The van der Waals surface area contributed by atoms with E-state index in [1.165, 1.54) is 12.3 Å². The van der Waals surface area contributed by atoms with Crippen molar-refractivity contribution in [2.45, 2.75) is 44.9 Å². The van der Waals surface area contributed by atoms with E-state index < -0.39 is 11.5 Å². The number of nitrogens with zero attached hydrogens (tertiary/aromatic N) is 2. The Morgan fingerprint density at radius 2 is 2.13 bits per heavy atom. The molecule has 1 aromatic rings. The predicted octanol–water partition coefficient (Wildman–Crippen LogP) is 1.96. The summed E-state index contributed by atoms with van der Waals surface area (Å²) < 4.78 is 18.2. The molecule has 2 amide bonds. The van der Waals surface area contributed by atoms with Crippen LogP contribution in [0.5, 0.6) is 0 Å². The number of rotatable bonds is 2. The summed E-state index contributed by atoms with van der Waals surface area (Å²) in [5.74, 6) is -0.686. The van der Waals surface area contributed by atoms with Gasteiger partial charge >= 0.3 is 6.09 Å². The van der Waals surface area contributed by atoms with Crippen LogP contribution in [0, 0.1) is 11.9 Å². The van der Waals surface area contributed by atoms with Gasteiger partial charge in [0.05, 0.1) is 17.6 Å². The summed E-state index contributed by atoms with van der Waals surface area (Å²) in [7, 11) is 0. The third-order valence-corrected chi connectivity index (χ3v) is 4.21. The van der Waals surface area contributed by atoms with Gasteiger partial charge in [-0.2, -0.15) is 4.39 Å². The highest BCUT2D eigenvalue weighted by molar-refractivity contribution is 5.94. The molecule has 124 valence electrons. The highest BCUT2D eigenvalue weighted by Gasteiger charge is 2.55. The van der Waals surface area contributed by atoms with Crippen molar-refractivity contribution in [3.63, 3.8) is 0 Å². The minimum absolute atomic E-state index is 0.0350. The van der Waals surface area contributed by atoms with Crippen molar-refractivity contribution in [1.82, 2.24) is 15.2 Å². The summed E-state index contributed by atoms with van der Waals surface area (Å²) in [4.78, 5) is 29.5. The van der Waals surface area contributed by atoms with Gasteiger partial charge < -0.3 is 15.0 Å². The van der Waals surface area contributed by atoms with Gasteiger partial charge in [0.25, 0.3) is 5.91 Å². The molecule has 0 spiro atoms. The zero-order valence-corrected chi connectivity index (χ0v) is 13.4. The number of amides is 2. The molecule has 0 aromatic carbocycles. The molecule has 1 aromatic heterocycles. The molecule has 3 aliphatic rings. The van der Waals surface area contributed by atoms with E-state index in [9.17, 15) is 14.0 Å². The fourth-order valence-corrected chi connectivity index (χ4v) is 3.11. The molecule has 1 aliphatic carbocycles. The van der Waals surface area contributed by atoms with E-state index in [1.54, 1.807) is 4.90 Å². The Hall–Kier alpha value is -2.18. The molecule has 6 nitrogen and oxygen atoms in total. The summed E-state index contributed by atoms with van der Waals surface area (Å²) in [6, 6.07) is 2.42. The molecule has 3 fully saturated rings. The monoisotopic (exact) mass is 321 g/mol. The highest BCUT2D eigenvalue weighted by atomic mass is 19.1. The van der Waals surface area contributed by atoms with Gasteiger partial charge in [0, 0.05) is 18.7 Å². The SMILES string of the molecule is CC(C)(C)OC(=O)N1C[C@H]2C[C@H]1[C@@H]2NC(=O)c1ccc(F)nc1. The molecule has 23 heavy (non-hydrogen) atoms. The summed E-state index contributed by atoms with van der Waals surface area (Å²) in [5, 5.41) is 2.91. The number of hydrogen-bond acceptors (Lipinski definition) is 4. The number of hydrogen-bond donors (Lipinski definition) is 1. The van der Waals surface area contributed by atoms with Crippen molar-refractivity contribution in [3.8, 4) is 0 Å². The third kappa shape index (κ3) is 3.13. The van der Waals surface area contributed by atoms with Crippen molar-refractivity contribution < 1.29 is 18.7 Å². The summed E-state index contributed by atoms with van der Waals surface area (Å²) in [6.45, 7) is 6.07. The lowest BCUT2D eigenvalue weighted by Crippen LogP contribution is -2.55. The van der Waals surface area contributed by atoms with Gasteiger partial charge in [0.2, 0.25) is 5.95 Å². The van der Waals surface area contributed by atoms with E-state index in [4.69, 9.17) is 4.74 Å². The molecule has 2 aliphatic heterocycles. The normalized spacial score (nSPS) is 25.7. The fourth-order valence-electron chi connectivity index (χ4n) is 3.11. The Labute approximate surface area is 134 Å². The first-order valence-corrected chi connectivity index (χ1v) is 7.66. The van der Waals surface area contributed by atoms with Crippen molar-refractivity contribution in [2.24, 2.45) is 5.92 Å². The van der Waals surface area contributed by atoms with Crippen LogP contribution in [-0.4, -0.2) is 46.1 Å². The quantitative estimate of drug-likeness (QED) is 0.845.